The zero-order chi connectivity index (χ0) is 14.5. The van der Waals surface area contributed by atoms with E-state index in [0.717, 1.165) is 32.1 Å². The number of amides is 1. The molecule has 1 fully saturated rings. The van der Waals surface area contributed by atoms with Crippen molar-refractivity contribution >= 4 is 11.9 Å². The van der Waals surface area contributed by atoms with Crippen LogP contribution in [0.2, 0.25) is 0 Å². The zero-order valence-electron chi connectivity index (χ0n) is 11.9. The van der Waals surface area contributed by atoms with Crippen molar-refractivity contribution in [2.24, 2.45) is 11.7 Å². The second kappa shape index (κ2) is 6.89. The summed E-state index contributed by atoms with van der Waals surface area (Å²) in [4.78, 5) is 23.5. The highest BCUT2D eigenvalue weighted by Gasteiger charge is 2.34. The lowest BCUT2D eigenvalue weighted by Gasteiger charge is -2.29. The van der Waals surface area contributed by atoms with Gasteiger partial charge in [-0.2, -0.15) is 0 Å². The summed E-state index contributed by atoms with van der Waals surface area (Å²) in [6, 6.07) is -0.285. The van der Waals surface area contributed by atoms with Crippen LogP contribution in [0.5, 0.6) is 0 Å². The Morgan fingerprint density at radius 1 is 1.32 bits per heavy atom. The van der Waals surface area contributed by atoms with Crippen molar-refractivity contribution in [2.75, 3.05) is 0 Å². The maximum absolute atomic E-state index is 12.2. The van der Waals surface area contributed by atoms with Gasteiger partial charge in [0.15, 0.2) is 0 Å². The first-order valence-corrected chi connectivity index (χ1v) is 7.21. The smallest absolute Gasteiger partial charge is 0.308 e. The van der Waals surface area contributed by atoms with Gasteiger partial charge in [0.05, 0.1) is 11.5 Å². The van der Waals surface area contributed by atoms with Gasteiger partial charge in [0.2, 0.25) is 5.91 Å². The maximum Gasteiger partial charge on any atom is 0.308 e. The SMILES string of the molecule is CCCC(C)(N)C(=O)NC1CCCCCC1C(=O)O. The molecule has 3 unspecified atom stereocenters. The van der Waals surface area contributed by atoms with E-state index in [2.05, 4.69) is 5.32 Å². The lowest BCUT2D eigenvalue weighted by Crippen LogP contribution is -2.56. The maximum atomic E-state index is 12.2. The Morgan fingerprint density at radius 3 is 2.53 bits per heavy atom. The topological polar surface area (TPSA) is 92.4 Å². The Hall–Kier alpha value is -1.10. The monoisotopic (exact) mass is 270 g/mol. The molecule has 1 amide bonds. The molecule has 0 aliphatic heterocycles. The molecule has 5 nitrogen and oxygen atoms in total. The summed E-state index contributed by atoms with van der Waals surface area (Å²) in [5, 5.41) is 12.1. The van der Waals surface area contributed by atoms with Crippen molar-refractivity contribution in [2.45, 2.75) is 70.4 Å². The van der Waals surface area contributed by atoms with E-state index in [9.17, 15) is 14.7 Å². The number of nitrogens with one attached hydrogen (secondary N) is 1. The van der Waals surface area contributed by atoms with Crippen LogP contribution in [0.25, 0.3) is 0 Å². The van der Waals surface area contributed by atoms with Crippen LogP contribution in [0, 0.1) is 5.92 Å². The van der Waals surface area contributed by atoms with Gasteiger partial charge in [0.25, 0.3) is 0 Å². The summed E-state index contributed by atoms with van der Waals surface area (Å²) in [7, 11) is 0. The number of nitrogens with two attached hydrogens (primary N) is 1. The van der Waals surface area contributed by atoms with Crippen molar-refractivity contribution < 1.29 is 14.7 Å². The highest BCUT2D eigenvalue weighted by atomic mass is 16.4. The molecule has 3 atom stereocenters. The summed E-state index contributed by atoms with van der Waals surface area (Å²) in [6.07, 6.45) is 5.70. The third-order valence-corrected chi connectivity index (χ3v) is 3.94. The van der Waals surface area contributed by atoms with Gasteiger partial charge in [-0.3, -0.25) is 9.59 Å². The summed E-state index contributed by atoms with van der Waals surface area (Å²) < 4.78 is 0. The van der Waals surface area contributed by atoms with Gasteiger partial charge in [0, 0.05) is 6.04 Å². The molecule has 4 N–H and O–H groups in total. The first-order valence-electron chi connectivity index (χ1n) is 7.21. The molecule has 0 radical (unpaired) electrons. The molecule has 1 aliphatic rings. The number of carboxylic acids is 1. The Bertz CT molecular complexity index is 329. The van der Waals surface area contributed by atoms with Crippen LogP contribution in [0.15, 0.2) is 0 Å². The van der Waals surface area contributed by atoms with E-state index in [1.165, 1.54) is 0 Å². The molecule has 0 bridgehead atoms. The molecule has 19 heavy (non-hydrogen) atoms. The van der Waals surface area contributed by atoms with Gasteiger partial charge >= 0.3 is 5.97 Å². The summed E-state index contributed by atoms with van der Waals surface area (Å²) >= 11 is 0. The summed E-state index contributed by atoms with van der Waals surface area (Å²) in [6.45, 7) is 3.68. The molecule has 110 valence electrons. The second-order valence-electron chi connectivity index (χ2n) is 5.83. The first kappa shape index (κ1) is 16.0. The molecule has 1 aliphatic carbocycles. The minimum Gasteiger partial charge on any atom is -0.481 e. The van der Waals surface area contributed by atoms with Gasteiger partial charge in [-0.1, -0.05) is 32.6 Å². The number of carbonyl (C=O) groups is 2. The van der Waals surface area contributed by atoms with Crippen molar-refractivity contribution in [1.29, 1.82) is 0 Å². The quantitative estimate of drug-likeness (QED) is 0.662. The number of hydrogen-bond acceptors (Lipinski definition) is 3. The standard InChI is InChI=1S/C14H26N2O3/c1-3-9-14(2,15)13(19)16-11-8-6-4-5-7-10(11)12(17)18/h10-11H,3-9,15H2,1-2H3,(H,16,19)(H,17,18). The van der Waals surface area contributed by atoms with Crippen LogP contribution in [-0.2, 0) is 9.59 Å². The molecular weight excluding hydrogens is 244 g/mol. The Balaban J connectivity index is 2.70. The van der Waals surface area contributed by atoms with E-state index in [0.29, 0.717) is 12.8 Å². The molecule has 5 heteroatoms. The fourth-order valence-corrected chi connectivity index (χ4v) is 2.74. The number of carbonyl (C=O) groups excluding carboxylic acids is 1. The van der Waals surface area contributed by atoms with E-state index < -0.39 is 17.4 Å². The molecule has 0 heterocycles. The van der Waals surface area contributed by atoms with Gasteiger partial charge in [-0.15, -0.1) is 0 Å². The lowest BCUT2D eigenvalue weighted by atomic mass is 9.91. The minimum absolute atomic E-state index is 0.229. The second-order valence-corrected chi connectivity index (χ2v) is 5.83. The number of hydrogen-bond donors (Lipinski definition) is 3. The molecular formula is C14H26N2O3. The Kier molecular flexibility index (Phi) is 5.79. The van der Waals surface area contributed by atoms with Crippen molar-refractivity contribution in [1.82, 2.24) is 5.32 Å². The highest BCUT2D eigenvalue weighted by Crippen LogP contribution is 2.24. The fraction of sp³-hybridized carbons (Fsp3) is 0.857. The highest BCUT2D eigenvalue weighted by molar-refractivity contribution is 5.86. The normalized spacial score (nSPS) is 27.1. The third-order valence-electron chi connectivity index (χ3n) is 3.94. The van der Waals surface area contributed by atoms with Crippen LogP contribution in [-0.4, -0.2) is 28.6 Å². The van der Waals surface area contributed by atoms with Gasteiger partial charge in [0.1, 0.15) is 0 Å². The largest absolute Gasteiger partial charge is 0.481 e. The van der Waals surface area contributed by atoms with Crippen LogP contribution in [0.1, 0.15) is 58.8 Å². The van der Waals surface area contributed by atoms with E-state index in [-0.39, 0.29) is 11.9 Å². The van der Waals surface area contributed by atoms with Gasteiger partial charge in [-0.05, 0) is 26.2 Å². The van der Waals surface area contributed by atoms with Crippen LogP contribution in [0.4, 0.5) is 0 Å². The molecule has 0 spiro atoms. The van der Waals surface area contributed by atoms with E-state index in [4.69, 9.17) is 5.73 Å². The molecule has 1 saturated carbocycles. The minimum atomic E-state index is -0.913. The molecule has 0 aromatic carbocycles. The lowest BCUT2D eigenvalue weighted by molar-refractivity contribution is -0.143. The van der Waals surface area contributed by atoms with Crippen molar-refractivity contribution in [3.05, 3.63) is 0 Å². The van der Waals surface area contributed by atoms with Gasteiger partial charge in [-0.25, -0.2) is 0 Å². The first-order chi connectivity index (χ1) is 8.88. The van der Waals surface area contributed by atoms with E-state index in [1.54, 1.807) is 6.92 Å². The van der Waals surface area contributed by atoms with Crippen molar-refractivity contribution in [3.8, 4) is 0 Å². The predicted octanol–water partition coefficient (Wildman–Crippen LogP) is 1.65. The molecule has 0 saturated heterocycles. The molecule has 0 aromatic rings. The average molecular weight is 270 g/mol. The Morgan fingerprint density at radius 2 is 1.95 bits per heavy atom. The number of rotatable bonds is 5. The van der Waals surface area contributed by atoms with Gasteiger partial charge < -0.3 is 16.2 Å². The average Bonchev–Trinajstić information content (AvgIpc) is 2.54. The molecule has 0 aromatic heterocycles. The molecule has 1 rings (SSSR count). The predicted molar refractivity (Wildman–Crippen MR) is 73.6 cm³/mol. The zero-order valence-corrected chi connectivity index (χ0v) is 11.9. The van der Waals surface area contributed by atoms with E-state index >= 15 is 0 Å². The Labute approximate surface area is 114 Å². The fourth-order valence-electron chi connectivity index (χ4n) is 2.74. The van der Waals surface area contributed by atoms with Crippen molar-refractivity contribution in [3.63, 3.8) is 0 Å². The number of carboxylic acid groups (broad SMARTS) is 1. The van der Waals surface area contributed by atoms with Crippen LogP contribution < -0.4 is 11.1 Å². The summed E-state index contributed by atoms with van der Waals surface area (Å²) in [5.41, 5.74) is 5.08. The van der Waals surface area contributed by atoms with E-state index in [1.807, 2.05) is 6.92 Å². The van der Waals surface area contributed by atoms with Crippen LogP contribution in [0.3, 0.4) is 0 Å². The number of aliphatic carboxylic acids is 1. The van der Waals surface area contributed by atoms with Crippen LogP contribution >= 0.6 is 0 Å². The third kappa shape index (κ3) is 4.49. The summed E-state index contributed by atoms with van der Waals surface area (Å²) in [5.74, 6) is -1.53.